The lowest BCUT2D eigenvalue weighted by molar-refractivity contribution is 0.954. The van der Waals surface area contributed by atoms with Gasteiger partial charge in [-0.3, -0.25) is 0 Å². The highest BCUT2D eigenvalue weighted by molar-refractivity contribution is 6.31. The number of aromatic amines is 1. The molecule has 144 valence electrons. The molecule has 1 N–H and O–H groups in total. The molecule has 4 nitrogen and oxygen atoms in total. The van der Waals surface area contributed by atoms with Gasteiger partial charge < -0.3 is 9.55 Å². The van der Waals surface area contributed by atoms with Crippen LogP contribution in [0.25, 0.3) is 28.4 Å². The molecule has 0 fully saturated rings. The summed E-state index contributed by atoms with van der Waals surface area (Å²) in [6.07, 6.45) is 1.89. The van der Waals surface area contributed by atoms with E-state index in [2.05, 4.69) is 46.6 Å². The number of nitriles is 1. The van der Waals surface area contributed by atoms with Crippen LogP contribution in [0.1, 0.15) is 33.9 Å². The molecule has 0 unspecified atom stereocenters. The van der Waals surface area contributed by atoms with Crippen LogP contribution in [0.3, 0.4) is 0 Å². The molecule has 0 saturated carbocycles. The second-order valence-electron chi connectivity index (χ2n) is 7.32. The van der Waals surface area contributed by atoms with Crippen LogP contribution >= 0.6 is 11.6 Å². The van der Waals surface area contributed by atoms with Gasteiger partial charge in [-0.2, -0.15) is 5.26 Å². The number of nitrogens with zero attached hydrogens (tertiary/aromatic N) is 3. The Bertz CT molecular complexity index is 1310. The zero-order valence-electron chi connectivity index (χ0n) is 16.8. The van der Waals surface area contributed by atoms with Crippen molar-refractivity contribution in [1.29, 1.82) is 5.26 Å². The van der Waals surface area contributed by atoms with Crippen LogP contribution in [-0.2, 0) is 0 Å². The van der Waals surface area contributed by atoms with Gasteiger partial charge in [-0.05, 0) is 80.8 Å². The van der Waals surface area contributed by atoms with Gasteiger partial charge in [0, 0.05) is 22.1 Å². The first kappa shape index (κ1) is 19.0. The molecule has 0 aliphatic carbocycles. The van der Waals surface area contributed by atoms with Crippen molar-refractivity contribution >= 4 is 34.3 Å². The summed E-state index contributed by atoms with van der Waals surface area (Å²) >= 11 is 6.33. The van der Waals surface area contributed by atoms with Crippen LogP contribution in [0.2, 0.25) is 5.02 Å². The van der Waals surface area contributed by atoms with Crippen LogP contribution in [0.5, 0.6) is 0 Å². The third-order valence-electron chi connectivity index (χ3n) is 5.26. The molecule has 5 heteroatoms. The largest absolute Gasteiger partial charge is 0.337 e. The molecular formula is C24H21ClN4. The molecule has 0 aliphatic rings. The monoisotopic (exact) mass is 400 g/mol. The van der Waals surface area contributed by atoms with Crippen LogP contribution in [-0.4, -0.2) is 14.5 Å². The lowest BCUT2D eigenvalue weighted by Crippen LogP contribution is -2.01. The third-order valence-corrected chi connectivity index (χ3v) is 5.67. The Morgan fingerprint density at radius 1 is 1.14 bits per heavy atom. The van der Waals surface area contributed by atoms with E-state index < -0.39 is 0 Å². The number of hydrogen-bond donors (Lipinski definition) is 1. The van der Waals surface area contributed by atoms with Gasteiger partial charge in [-0.25, -0.2) is 4.98 Å². The standard InChI is InChI=1S/C24H21ClN4/c1-14-8-9-21-22(10-14)28-24(27-21)19(13-26)12-18-11-15(2)29(17(18)4)23-7-5-6-20(25)16(23)3/h5-12H,1-4H3,(H,27,28)/b19-12-. The number of allylic oxidation sites excluding steroid dienone is 1. The lowest BCUT2D eigenvalue weighted by atomic mass is 10.1. The SMILES string of the molecule is Cc1ccc2nc(/C(C#N)=C\c3cc(C)n(-c4cccc(Cl)c4C)c3C)[nH]c2c1. The maximum Gasteiger partial charge on any atom is 0.149 e. The second kappa shape index (κ2) is 7.27. The molecule has 2 aromatic carbocycles. The first-order chi connectivity index (χ1) is 13.9. The molecule has 4 aromatic rings. The highest BCUT2D eigenvalue weighted by Crippen LogP contribution is 2.29. The minimum atomic E-state index is 0.502. The van der Waals surface area contributed by atoms with Crippen molar-refractivity contribution < 1.29 is 0 Å². The van der Waals surface area contributed by atoms with Gasteiger partial charge in [-0.1, -0.05) is 23.7 Å². The average Bonchev–Trinajstić information content (AvgIpc) is 3.22. The smallest absolute Gasteiger partial charge is 0.149 e. The van der Waals surface area contributed by atoms with Crippen molar-refractivity contribution in [2.45, 2.75) is 27.7 Å². The predicted octanol–water partition coefficient (Wildman–Crippen LogP) is 6.30. The Hall–Kier alpha value is -3.29. The number of aromatic nitrogens is 3. The Labute approximate surface area is 175 Å². The van der Waals surface area contributed by atoms with Crippen molar-refractivity contribution in [2.24, 2.45) is 0 Å². The zero-order valence-corrected chi connectivity index (χ0v) is 17.6. The van der Waals surface area contributed by atoms with Gasteiger partial charge in [-0.15, -0.1) is 0 Å². The highest BCUT2D eigenvalue weighted by atomic mass is 35.5. The number of halogens is 1. The molecule has 0 bridgehead atoms. The molecule has 0 spiro atoms. The summed E-state index contributed by atoms with van der Waals surface area (Å²) in [5.41, 5.74) is 8.62. The van der Waals surface area contributed by atoms with E-state index in [-0.39, 0.29) is 0 Å². The second-order valence-corrected chi connectivity index (χ2v) is 7.73. The number of rotatable bonds is 3. The van der Waals surface area contributed by atoms with E-state index in [0.29, 0.717) is 11.4 Å². The van der Waals surface area contributed by atoms with Gasteiger partial charge in [0.15, 0.2) is 0 Å². The number of H-pyrrole nitrogens is 1. The highest BCUT2D eigenvalue weighted by Gasteiger charge is 2.14. The maximum absolute atomic E-state index is 9.78. The van der Waals surface area contributed by atoms with E-state index in [1.165, 1.54) is 0 Å². The Morgan fingerprint density at radius 2 is 1.93 bits per heavy atom. The van der Waals surface area contributed by atoms with E-state index >= 15 is 0 Å². The number of imidazole rings is 1. The fourth-order valence-electron chi connectivity index (χ4n) is 3.70. The summed E-state index contributed by atoms with van der Waals surface area (Å²) in [7, 11) is 0. The topological polar surface area (TPSA) is 57.4 Å². The van der Waals surface area contributed by atoms with Crippen molar-refractivity contribution in [3.63, 3.8) is 0 Å². The summed E-state index contributed by atoms with van der Waals surface area (Å²) in [5.74, 6) is 0.580. The van der Waals surface area contributed by atoms with Gasteiger partial charge >= 0.3 is 0 Å². The summed E-state index contributed by atoms with van der Waals surface area (Å²) in [6, 6.07) is 16.3. The molecular weight excluding hydrogens is 380 g/mol. The first-order valence-corrected chi connectivity index (χ1v) is 9.80. The molecule has 0 saturated heterocycles. The summed E-state index contributed by atoms with van der Waals surface area (Å²) in [6.45, 7) is 8.16. The number of benzene rings is 2. The predicted molar refractivity (Wildman–Crippen MR) is 119 cm³/mol. The fourth-order valence-corrected chi connectivity index (χ4v) is 3.87. The van der Waals surface area contributed by atoms with Gasteiger partial charge in [0.2, 0.25) is 0 Å². The summed E-state index contributed by atoms with van der Waals surface area (Å²) in [5, 5.41) is 10.5. The molecule has 0 radical (unpaired) electrons. The Kier molecular flexibility index (Phi) is 4.77. The van der Waals surface area contributed by atoms with E-state index in [1.807, 2.05) is 50.3 Å². The van der Waals surface area contributed by atoms with E-state index in [9.17, 15) is 5.26 Å². The van der Waals surface area contributed by atoms with E-state index in [1.54, 1.807) is 0 Å². The molecule has 0 amide bonds. The molecule has 29 heavy (non-hydrogen) atoms. The van der Waals surface area contributed by atoms with E-state index in [4.69, 9.17) is 11.6 Å². The van der Waals surface area contributed by atoms with Crippen molar-refractivity contribution in [1.82, 2.24) is 14.5 Å². The Morgan fingerprint density at radius 3 is 2.69 bits per heavy atom. The van der Waals surface area contributed by atoms with Crippen LogP contribution < -0.4 is 0 Å². The van der Waals surface area contributed by atoms with Gasteiger partial charge in [0.1, 0.15) is 11.9 Å². The zero-order chi connectivity index (χ0) is 20.7. The van der Waals surface area contributed by atoms with E-state index in [0.717, 1.165) is 49.8 Å². The van der Waals surface area contributed by atoms with Crippen molar-refractivity contribution in [2.75, 3.05) is 0 Å². The first-order valence-electron chi connectivity index (χ1n) is 9.42. The average molecular weight is 401 g/mol. The number of aryl methyl sites for hydroxylation is 2. The maximum atomic E-state index is 9.78. The van der Waals surface area contributed by atoms with Gasteiger partial charge in [0.05, 0.1) is 16.6 Å². The molecule has 2 heterocycles. The molecule has 0 aliphatic heterocycles. The summed E-state index contributed by atoms with van der Waals surface area (Å²) in [4.78, 5) is 7.86. The summed E-state index contributed by atoms with van der Waals surface area (Å²) < 4.78 is 2.17. The number of nitrogens with one attached hydrogen (secondary N) is 1. The Balaban J connectivity index is 1.82. The fraction of sp³-hybridized carbons (Fsp3) is 0.167. The quantitative estimate of drug-likeness (QED) is 0.410. The normalized spacial score (nSPS) is 11.8. The van der Waals surface area contributed by atoms with Crippen LogP contribution in [0.4, 0.5) is 0 Å². The third kappa shape index (κ3) is 3.35. The number of fused-ring (bicyclic) bond motifs is 1. The van der Waals surface area contributed by atoms with Crippen LogP contribution in [0, 0.1) is 39.0 Å². The minimum absolute atomic E-state index is 0.502. The minimum Gasteiger partial charge on any atom is -0.337 e. The lowest BCUT2D eigenvalue weighted by Gasteiger charge is -2.13. The van der Waals surface area contributed by atoms with Crippen molar-refractivity contribution in [3.8, 4) is 11.8 Å². The van der Waals surface area contributed by atoms with Gasteiger partial charge in [0.25, 0.3) is 0 Å². The molecule has 0 atom stereocenters. The number of hydrogen-bond acceptors (Lipinski definition) is 2. The molecule has 4 rings (SSSR count). The molecule has 2 aromatic heterocycles. The van der Waals surface area contributed by atoms with Crippen LogP contribution in [0.15, 0.2) is 42.5 Å². The van der Waals surface area contributed by atoms with Crippen molar-refractivity contribution in [3.05, 3.63) is 81.4 Å².